The third-order valence-corrected chi connectivity index (χ3v) is 2.47. The molecule has 0 heterocycles. The summed E-state index contributed by atoms with van der Waals surface area (Å²) in [6.07, 6.45) is 1.76. The lowest BCUT2D eigenvalue weighted by molar-refractivity contribution is 0.475. The quantitative estimate of drug-likeness (QED) is 0.781. The Morgan fingerprint density at radius 2 is 2.06 bits per heavy atom. The third kappa shape index (κ3) is 2.94. The highest BCUT2D eigenvalue weighted by Gasteiger charge is 2.05. The Kier molecular flexibility index (Phi) is 4.26. The predicted octanol–water partition coefficient (Wildman–Crippen LogP) is 2.43. The minimum Gasteiger partial charge on any atom is -0.508 e. The van der Waals surface area contributed by atoms with Crippen molar-refractivity contribution in [2.45, 2.75) is 0 Å². The topological polar surface area (TPSA) is 79.8 Å². The fourth-order valence-corrected chi connectivity index (χ4v) is 1.57. The number of thioether (sulfide) groups is 1. The van der Waals surface area contributed by atoms with Gasteiger partial charge in [-0.15, -0.1) is 11.8 Å². The van der Waals surface area contributed by atoms with Crippen molar-refractivity contribution in [3.05, 3.63) is 34.9 Å². The Bertz CT molecular complexity index is 481. The summed E-state index contributed by atoms with van der Waals surface area (Å²) in [5.74, 6) is 0.126. The lowest BCUT2D eigenvalue weighted by Crippen LogP contribution is -1.98. The molecular formula is C11H9N3OS. The molecule has 0 spiro atoms. The molecule has 1 rings (SSSR count). The summed E-state index contributed by atoms with van der Waals surface area (Å²) in [6.45, 7) is 0. The van der Waals surface area contributed by atoms with Crippen molar-refractivity contribution < 1.29 is 5.11 Å². The van der Waals surface area contributed by atoms with E-state index in [0.717, 1.165) is 0 Å². The zero-order chi connectivity index (χ0) is 12.0. The number of nitrogens with one attached hydrogen (secondary N) is 1. The van der Waals surface area contributed by atoms with Gasteiger partial charge in [-0.1, -0.05) is 6.07 Å². The van der Waals surface area contributed by atoms with E-state index in [4.69, 9.17) is 10.5 Å². The first-order chi connectivity index (χ1) is 7.71. The molecule has 0 radical (unpaired) electrons. The Hall–Kier alpha value is -2.11. The number of nitriles is 2. The third-order valence-electron chi connectivity index (χ3n) is 1.76. The number of rotatable bonds is 3. The normalized spacial score (nSPS) is 8.69. The summed E-state index contributed by atoms with van der Waals surface area (Å²) in [5.41, 5.74) is 0.656. The number of anilines is 1. The first-order valence-corrected chi connectivity index (χ1v) is 5.58. The van der Waals surface area contributed by atoms with Crippen LogP contribution < -0.4 is 5.32 Å². The molecule has 0 aliphatic rings. The fraction of sp³-hybridized carbons (Fsp3) is 0.0909. The van der Waals surface area contributed by atoms with Crippen LogP contribution in [-0.4, -0.2) is 11.4 Å². The summed E-state index contributed by atoms with van der Waals surface area (Å²) in [7, 11) is 0. The Labute approximate surface area is 97.8 Å². The molecule has 4 nitrogen and oxygen atoms in total. The van der Waals surface area contributed by atoms with Crippen molar-refractivity contribution in [2.75, 3.05) is 11.6 Å². The minimum absolute atomic E-state index is 0.0239. The van der Waals surface area contributed by atoms with Crippen LogP contribution in [0.25, 0.3) is 0 Å². The van der Waals surface area contributed by atoms with E-state index in [1.54, 1.807) is 24.5 Å². The number of phenolic OH excluding ortho intramolecular Hbond substituents is 1. The van der Waals surface area contributed by atoms with E-state index in [9.17, 15) is 5.11 Å². The summed E-state index contributed by atoms with van der Waals surface area (Å²) < 4.78 is 0. The van der Waals surface area contributed by atoms with Gasteiger partial charge in [0.2, 0.25) is 0 Å². The summed E-state index contributed by atoms with van der Waals surface area (Å²) >= 11 is 1.27. The van der Waals surface area contributed by atoms with E-state index >= 15 is 0 Å². The molecule has 0 aromatic heterocycles. The maximum atomic E-state index is 9.26. The van der Waals surface area contributed by atoms with E-state index in [-0.39, 0.29) is 11.3 Å². The van der Waals surface area contributed by atoms with Crippen molar-refractivity contribution in [1.82, 2.24) is 0 Å². The zero-order valence-corrected chi connectivity index (χ0v) is 9.38. The summed E-state index contributed by atoms with van der Waals surface area (Å²) in [6, 6.07) is 10.1. The molecule has 0 amide bonds. The molecule has 16 heavy (non-hydrogen) atoms. The van der Waals surface area contributed by atoms with Crippen molar-refractivity contribution in [1.29, 1.82) is 10.5 Å². The SMILES string of the molecule is CSC(Nc1cccc(O)c1)=C(C#N)C#N. The molecule has 80 valence electrons. The maximum absolute atomic E-state index is 9.26. The van der Waals surface area contributed by atoms with Gasteiger partial charge in [-0.25, -0.2) is 0 Å². The molecule has 0 bridgehead atoms. The lowest BCUT2D eigenvalue weighted by Gasteiger charge is -2.08. The van der Waals surface area contributed by atoms with Crippen molar-refractivity contribution >= 4 is 17.4 Å². The second-order valence-electron chi connectivity index (χ2n) is 2.81. The molecule has 0 unspecified atom stereocenters. The van der Waals surface area contributed by atoms with Crippen LogP contribution in [-0.2, 0) is 0 Å². The number of aromatic hydroxyl groups is 1. The Morgan fingerprint density at radius 3 is 2.56 bits per heavy atom. The van der Waals surface area contributed by atoms with Gasteiger partial charge in [-0.05, 0) is 18.4 Å². The molecule has 1 aromatic rings. The molecule has 0 aliphatic heterocycles. The average Bonchev–Trinajstić information content (AvgIpc) is 2.29. The molecule has 0 saturated carbocycles. The molecule has 0 saturated heterocycles. The summed E-state index contributed by atoms with van der Waals surface area (Å²) in [4.78, 5) is 0. The Morgan fingerprint density at radius 1 is 1.38 bits per heavy atom. The Balaban J connectivity index is 3.01. The fourth-order valence-electron chi connectivity index (χ4n) is 1.06. The monoisotopic (exact) mass is 231 g/mol. The first-order valence-electron chi connectivity index (χ1n) is 4.35. The average molecular weight is 231 g/mol. The number of hydrogen-bond acceptors (Lipinski definition) is 5. The van der Waals surface area contributed by atoms with Crippen LogP contribution in [0.3, 0.4) is 0 Å². The van der Waals surface area contributed by atoms with Crippen LogP contribution >= 0.6 is 11.8 Å². The standard InChI is InChI=1S/C11H9N3OS/c1-16-11(8(6-12)7-13)14-9-3-2-4-10(15)5-9/h2-5,14-15H,1H3. The number of allylic oxidation sites excluding steroid dienone is 1. The van der Waals surface area contributed by atoms with Gasteiger partial charge in [0.25, 0.3) is 0 Å². The van der Waals surface area contributed by atoms with Gasteiger partial charge in [0, 0.05) is 11.8 Å². The van der Waals surface area contributed by atoms with E-state index in [0.29, 0.717) is 10.7 Å². The van der Waals surface area contributed by atoms with Crippen LogP contribution in [0.5, 0.6) is 5.75 Å². The number of hydrogen-bond donors (Lipinski definition) is 2. The number of phenols is 1. The van der Waals surface area contributed by atoms with Crippen molar-refractivity contribution in [3.8, 4) is 17.9 Å². The van der Waals surface area contributed by atoms with E-state index < -0.39 is 0 Å². The van der Waals surface area contributed by atoms with E-state index in [2.05, 4.69) is 5.32 Å². The largest absolute Gasteiger partial charge is 0.508 e. The smallest absolute Gasteiger partial charge is 0.159 e. The maximum Gasteiger partial charge on any atom is 0.159 e. The van der Waals surface area contributed by atoms with Gasteiger partial charge in [-0.2, -0.15) is 10.5 Å². The van der Waals surface area contributed by atoms with Gasteiger partial charge in [0.1, 0.15) is 22.9 Å². The first kappa shape index (κ1) is 12.0. The van der Waals surface area contributed by atoms with Crippen LogP contribution in [0.4, 0.5) is 5.69 Å². The number of benzene rings is 1. The van der Waals surface area contributed by atoms with E-state index in [1.807, 2.05) is 12.1 Å². The van der Waals surface area contributed by atoms with Crippen molar-refractivity contribution in [3.63, 3.8) is 0 Å². The highest BCUT2D eigenvalue weighted by atomic mass is 32.2. The van der Waals surface area contributed by atoms with Crippen LogP contribution in [0, 0.1) is 22.7 Å². The highest BCUT2D eigenvalue weighted by molar-refractivity contribution is 8.02. The molecule has 5 heteroatoms. The summed E-state index contributed by atoms with van der Waals surface area (Å²) in [5, 5.41) is 30.1. The molecule has 0 aliphatic carbocycles. The molecule has 1 aromatic carbocycles. The second kappa shape index (κ2) is 5.69. The molecule has 2 N–H and O–H groups in total. The molecular weight excluding hydrogens is 222 g/mol. The van der Waals surface area contributed by atoms with Gasteiger partial charge in [0.05, 0.1) is 0 Å². The predicted molar refractivity (Wildman–Crippen MR) is 63.5 cm³/mol. The number of nitrogens with zero attached hydrogens (tertiary/aromatic N) is 2. The van der Waals surface area contributed by atoms with Crippen LogP contribution in [0.15, 0.2) is 34.9 Å². The second-order valence-corrected chi connectivity index (χ2v) is 3.62. The minimum atomic E-state index is 0.0239. The zero-order valence-electron chi connectivity index (χ0n) is 8.56. The van der Waals surface area contributed by atoms with Gasteiger partial charge in [-0.3, -0.25) is 0 Å². The van der Waals surface area contributed by atoms with E-state index in [1.165, 1.54) is 17.8 Å². The van der Waals surface area contributed by atoms with Gasteiger partial charge < -0.3 is 10.4 Å². The van der Waals surface area contributed by atoms with Crippen LogP contribution in [0.1, 0.15) is 0 Å². The van der Waals surface area contributed by atoms with Gasteiger partial charge in [0.15, 0.2) is 5.57 Å². The molecule has 0 atom stereocenters. The molecule has 0 fully saturated rings. The van der Waals surface area contributed by atoms with Crippen LogP contribution in [0.2, 0.25) is 0 Å². The highest BCUT2D eigenvalue weighted by Crippen LogP contribution is 2.22. The lowest BCUT2D eigenvalue weighted by atomic mass is 10.3. The van der Waals surface area contributed by atoms with Gasteiger partial charge >= 0.3 is 0 Å². The van der Waals surface area contributed by atoms with Crippen molar-refractivity contribution in [2.24, 2.45) is 0 Å².